The fourth-order valence-corrected chi connectivity index (χ4v) is 6.34. The van der Waals surface area contributed by atoms with Crippen LogP contribution in [0.5, 0.6) is 0 Å². The molecule has 4 bridgehead atoms. The van der Waals surface area contributed by atoms with Crippen molar-refractivity contribution < 1.29 is 0 Å². The summed E-state index contributed by atoms with van der Waals surface area (Å²) in [5, 5.41) is 3.60. The molecule has 0 aliphatic heterocycles. The van der Waals surface area contributed by atoms with E-state index in [0.717, 1.165) is 19.0 Å². The highest BCUT2D eigenvalue weighted by molar-refractivity contribution is 5.10. The fraction of sp³-hybridized carbons (Fsp3) is 1.00. The average molecular weight is 236 g/mol. The van der Waals surface area contributed by atoms with E-state index in [1.807, 2.05) is 0 Å². The van der Waals surface area contributed by atoms with Crippen molar-refractivity contribution in [2.75, 3.05) is 19.6 Å². The summed E-state index contributed by atoms with van der Waals surface area (Å²) in [6, 6.07) is 0. The molecule has 4 rings (SSSR count). The zero-order valence-electron chi connectivity index (χ0n) is 11.5. The van der Waals surface area contributed by atoms with Crippen molar-refractivity contribution in [1.29, 1.82) is 0 Å². The maximum atomic E-state index is 5.60. The molecule has 4 aliphatic carbocycles. The van der Waals surface area contributed by atoms with Crippen LogP contribution in [-0.2, 0) is 0 Å². The van der Waals surface area contributed by atoms with Gasteiger partial charge in [0.2, 0.25) is 0 Å². The van der Waals surface area contributed by atoms with E-state index in [1.54, 1.807) is 0 Å². The molecule has 0 radical (unpaired) electrons. The molecule has 2 heteroatoms. The number of rotatable bonds is 4. The minimum Gasteiger partial charge on any atom is -0.329 e. The highest BCUT2D eigenvalue weighted by atomic mass is 14.9. The topological polar surface area (TPSA) is 38.0 Å². The number of hydrogen-bond donors (Lipinski definition) is 2. The van der Waals surface area contributed by atoms with E-state index in [4.69, 9.17) is 5.73 Å². The Morgan fingerprint density at radius 3 is 2.24 bits per heavy atom. The van der Waals surface area contributed by atoms with Crippen LogP contribution >= 0.6 is 0 Å². The van der Waals surface area contributed by atoms with Gasteiger partial charge in [-0.3, -0.25) is 0 Å². The Morgan fingerprint density at radius 1 is 1.06 bits per heavy atom. The highest BCUT2D eigenvalue weighted by Gasteiger charge is 2.59. The SMILES string of the molecule is CC12CC3CC(C)(C1)CC(CNCCN)(C3)C2. The number of nitrogens with one attached hydrogen (secondary N) is 1. The van der Waals surface area contributed by atoms with Gasteiger partial charge in [0.05, 0.1) is 0 Å². The van der Waals surface area contributed by atoms with Crippen LogP contribution in [-0.4, -0.2) is 19.6 Å². The lowest BCUT2D eigenvalue weighted by Crippen LogP contribution is -2.57. The fourth-order valence-electron chi connectivity index (χ4n) is 6.34. The van der Waals surface area contributed by atoms with Gasteiger partial charge < -0.3 is 11.1 Å². The molecule has 0 heterocycles. The van der Waals surface area contributed by atoms with Crippen LogP contribution in [0, 0.1) is 22.2 Å². The zero-order chi connectivity index (χ0) is 12.1. The van der Waals surface area contributed by atoms with Gasteiger partial charge in [0.1, 0.15) is 0 Å². The van der Waals surface area contributed by atoms with Gasteiger partial charge in [0, 0.05) is 19.6 Å². The molecule has 4 aliphatic rings. The molecule has 2 unspecified atom stereocenters. The molecule has 0 saturated heterocycles. The smallest absolute Gasteiger partial charge is 0.00747 e. The molecule has 0 aromatic heterocycles. The van der Waals surface area contributed by atoms with E-state index in [1.165, 1.54) is 45.1 Å². The highest BCUT2D eigenvalue weighted by Crippen LogP contribution is 2.69. The summed E-state index contributed by atoms with van der Waals surface area (Å²) < 4.78 is 0. The van der Waals surface area contributed by atoms with Crippen LogP contribution in [0.15, 0.2) is 0 Å². The van der Waals surface area contributed by atoms with Crippen LogP contribution in [0.4, 0.5) is 0 Å². The second-order valence-corrected chi connectivity index (χ2v) is 8.10. The second-order valence-electron chi connectivity index (χ2n) is 8.10. The normalized spacial score (nSPS) is 52.1. The summed E-state index contributed by atoms with van der Waals surface area (Å²) in [5.41, 5.74) is 7.51. The van der Waals surface area contributed by atoms with E-state index < -0.39 is 0 Å². The summed E-state index contributed by atoms with van der Waals surface area (Å²) in [6.07, 6.45) is 8.89. The molecule has 2 nitrogen and oxygen atoms in total. The quantitative estimate of drug-likeness (QED) is 0.736. The van der Waals surface area contributed by atoms with Crippen molar-refractivity contribution in [1.82, 2.24) is 5.32 Å². The van der Waals surface area contributed by atoms with Gasteiger partial charge in [0.25, 0.3) is 0 Å². The van der Waals surface area contributed by atoms with Crippen LogP contribution < -0.4 is 11.1 Å². The Kier molecular flexibility index (Phi) is 2.61. The van der Waals surface area contributed by atoms with Gasteiger partial charge in [-0.25, -0.2) is 0 Å². The van der Waals surface area contributed by atoms with E-state index in [9.17, 15) is 0 Å². The summed E-state index contributed by atoms with van der Waals surface area (Å²) >= 11 is 0. The van der Waals surface area contributed by atoms with E-state index >= 15 is 0 Å². The molecule has 2 atom stereocenters. The molecule has 98 valence electrons. The maximum absolute atomic E-state index is 5.60. The van der Waals surface area contributed by atoms with Crippen LogP contribution in [0.1, 0.15) is 52.4 Å². The maximum Gasteiger partial charge on any atom is 0.00747 e. The summed E-state index contributed by atoms with van der Waals surface area (Å²) in [4.78, 5) is 0. The third-order valence-electron chi connectivity index (χ3n) is 5.56. The molecule has 0 aromatic rings. The monoisotopic (exact) mass is 236 g/mol. The van der Waals surface area contributed by atoms with Gasteiger partial charge in [-0.1, -0.05) is 13.8 Å². The average Bonchev–Trinajstić information content (AvgIpc) is 2.11. The number of hydrogen-bond acceptors (Lipinski definition) is 2. The molecule has 3 N–H and O–H groups in total. The lowest BCUT2D eigenvalue weighted by molar-refractivity contribution is -0.142. The van der Waals surface area contributed by atoms with Gasteiger partial charge in [-0.15, -0.1) is 0 Å². The Bertz CT molecular complexity index is 294. The predicted molar refractivity (Wildman–Crippen MR) is 71.8 cm³/mol. The van der Waals surface area contributed by atoms with Crippen LogP contribution in [0.25, 0.3) is 0 Å². The number of nitrogens with two attached hydrogens (primary N) is 1. The van der Waals surface area contributed by atoms with Crippen molar-refractivity contribution in [3.05, 3.63) is 0 Å². The van der Waals surface area contributed by atoms with Gasteiger partial charge in [-0.2, -0.15) is 0 Å². The molecule has 4 saturated carbocycles. The van der Waals surface area contributed by atoms with Crippen molar-refractivity contribution in [3.63, 3.8) is 0 Å². The van der Waals surface area contributed by atoms with Gasteiger partial charge >= 0.3 is 0 Å². The Morgan fingerprint density at radius 2 is 1.71 bits per heavy atom. The van der Waals surface area contributed by atoms with Crippen molar-refractivity contribution in [2.45, 2.75) is 52.4 Å². The lowest BCUT2D eigenvalue weighted by Gasteiger charge is -2.65. The molecule has 0 spiro atoms. The third kappa shape index (κ3) is 2.04. The Hall–Kier alpha value is -0.0800. The summed E-state index contributed by atoms with van der Waals surface area (Å²) in [5.74, 6) is 1.01. The minimum atomic E-state index is 0.609. The zero-order valence-corrected chi connectivity index (χ0v) is 11.5. The first-order valence-corrected chi connectivity index (χ1v) is 7.38. The second kappa shape index (κ2) is 3.71. The van der Waals surface area contributed by atoms with Crippen molar-refractivity contribution in [2.24, 2.45) is 27.9 Å². The standard InChI is InChI=1S/C15H28N2/c1-13-5-12-6-14(2,8-13)10-15(7-12,9-13)11-17-4-3-16/h12,17H,3-11,16H2,1-2H3. The van der Waals surface area contributed by atoms with E-state index in [2.05, 4.69) is 19.2 Å². The first kappa shape index (κ1) is 12.0. The summed E-state index contributed by atoms with van der Waals surface area (Å²) in [7, 11) is 0. The van der Waals surface area contributed by atoms with Crippen molar-refractivity contribution >= 4 is 0 Å². The lowest BCUT2D eigenvalue weighted by atomic mass is 9.40. The molecule has 0 amide bonds. The molecular formula is C15H28N2. The Balaban J connectivity index is 1.77. The third-order valence-corrected chi connectivity index (χ3v) is 5.56. The van der Waals surface area contributed by atoms with E-state index in [-0.39, 0.29) is 0 Å². The van der Waals surface area contributed by atoms with Crippen LogP contribution in [0.2, 0.25) is 0 Å². The van der Waals surface area contributed by atoms with E-state index in [0.29, 0.717) is 16.2 Å². The van der Waals surface area contributed by atoms with Crippen LogP contribution in [0.3, 0.4) is 0 Å². The first-order chi connectivity index (χ1) is 7.97. The van der Waals surface area contributed by atoms with Gasteiger partial charge in [-0.05, 0) is 60.7 Å². The van der Waals surface area contributed by atoms with Crippen molar-refractivity contribution in [3.8, 4) is 0 Å². The summed E-state index contributed by atoms with van der Waals surface area (Å²) in [6.45, 7) is 8.07. The molecule has 0 aromatic carbocycles. The predicted octanol–water partition coefficient (Wildman–Crippen LogP) is 2.53. The minimum absolute atomic E-state index is 0.609. The molecule has 4 fully saturated rings. The van der Waals surface area contributed by atoms with Gasteiger partial charge in [0.15, 0.2) is 0 Å². The largest absolute Gasteiger partial charge is 0.329 e. The first-order valence-electron chi connectivity index (χ1n) is 7.38. The molecular weight excluding hydrogens is 208 g/mol. The molecule has 17 heavy (non-hydrogen) atoms. The Labute approximate surface area is 106 Å².